The third-order valence-corrected chi connectivity index (χ3v) is 6.24. The zero-order chi connectivity index (χ0) is 18.0. The predicted octanol–water partition coefficient (Wildman–Crippen LogP) is 1.92. The van der Waals surface area contributed by atoms with Crippen LogP contribution in [0.1, 0.15) is 12.0 Å². The fourth-order valence-electron chi connectivity index (χ4n) is 2.81. The van der Waals surface area contributed by atoms with Gasteiger partial charge in [0.1, 0.15) is 11.0 Å². The van der Waals surface area contributed by atoms with E-state index in [-0.39, 0.29) is 11.1 Å². The van der Waals surface area contributed by atoms with Crippen LogP contribution >= 0.6 is 11.6 Å². The Morgan fingerprint density at radius 3 is 2.48 bits per heavy atom. The molecule has 7 nitrogen and oxygen atoms in total. The Bertz CT molecular complexity index is 837. The first-order chi connectivity index (χ1) is 11.9. The van der Waals surface area contributed by atoms with Crippen molar-refractivity contribution in [3.8, 4) is 0 Å². The number of anilines is 2. The zero-order valence-corrected chi connectivity index (χ0v) is 15.5. The van der Waals surface area contributed by atoms with Crippen LogP contribution in [0.4, 0.5) is 11.8 Å². The lowest BCUT2D eigenvalue weighted by atomic mass is 10.2. The maximum atomic E-state index is 12.8. The summed E-state index contributed by atoms with van der Waals surface area (Å²) in [4.78, 5) is 10.3. The van der Waals surface area contributed by atoms with Gasteiger partial charge in [0.25, 0.3) is 0 Å². The van der Waals surface area contributed by atoms with E-state index in [0.717, 1.165) is 5.56 Å². The average molecular weight is 382 g/mol. The van der Waals surface area contributed by atoms with Gasteiger partial charge in [-0.2, -0.15) is 9.29 Å². The van der Waals surface area contributed by atoms with Crippen molar-refractivity contribution in [1.29, 1.82) is 0 Å². The first-order valence-electron chi connectivity index (χ1n) is 7.98. The normalized spacial score (nSPS) is 16.6. The van der Waals surface area contributed by atoms with Gasteiger partial charge < -0.3 is 10.6 Å². The Morgan fingerprint density at radius 2 is 1.80 bits per heavy atom. The van der Waals surface area contributed by atoms with Crippen molar-refractivity contribution in [2.75, 3.05) is 36.8 Å². The lowest BCUT2D eigenvalue weighted by Crippen LogP contribution is -2.35. The average Bonchev–Trinajstić information content (AvgIpc) is 2.81. The molecule has 0 bridgehead atoms. The molecule has 1 saturated heterocycles. The van der Waals surface area contributed by atoms with Crippen molar-refractivity contribution in [3.05, 3.63) is 41.0 Å². The minimum absolute atomic E-state index is 0.107. The SMILES string of the molecule is Cc1ccc(S(=O)(=O)N2CCCN(c3cc(Cl)nc(N)n3)CC2)cc1. The molecule has 9 heteroatoms. The van der Waals surface area contributed by atoms with Crippen LogP contribution in [0.25, 0.3) is 0 Å². The molecule has 2 heterocycles. The van der Waals surface area contributed by atoms with E-state index in [9.17, 15) is 8.42 Å². The Morgan fingerprint density at radius 1 is 1.08 bits per heavy atom. The van der Waals surface area contributed by atoms with E-state index in [1.54, 1.807) is 18.2 Å². The van der Waals surface area contributed by atoms with Gasteiger partial charge in [-0.1, -0.05) is 29.3 Å². The van der Waals surface area contributed by atoms with E-state index in [1.807, 2.05) is 24.0 Å². The number of sulfonamides is 1. The number of nitrogens with two attached hydrogens (primary N) is 1. The Balaban J connectivity index is 1.78. The smallest absolute Gasteiger partial charge is 0.243 e. The minimum atomic E-state index is -3.50. The molecule has 2 aromatic rings. The summed E-state index contributed by atoms with van der Waals surface area (Å²) in [6.07, 6.45) is 0.687. The molecule has 0 radical (unpaired) electrons. The second kappa shape index (κ2) is 7.15. The maximum absolute atomic E-state index is 12.8. The maximum Gasteiger partial charge on any atom is 0.243 e. The molecule has 1 aromatic heterocycles. The number of nitrogens with zero attached hydrogens (tertiary/aromatic N) is 4. The third-order valence-electron chi connectivity index (χ3n) is 4.14. The molecule has 1 aromatic carbocycles. The van der Waals surface area contributed by atoms with Crippen molar-refractivity contribution in [2.45, 2.75) is 18.2 Å². The molecular formula is C16H20ClN5O2S. The second-order valence-electron chi connectivity index (χ2n) is 5.96. The van der Waals surface area contributed by atoms with Crippen LogP contribution < -0.4 is 10.6 Å². The molecule has 0 atom stereocenters. The predicted molar refractivity (Wildman–Crippen MR) is 98.2 cm³/mol. The van der Waals surface area contributed by atoms with Gasteiger partial charge in [-0.25, -0.2) is 13.4 Å². The topological polar surface area (TPSA) is 92.4 Å². The van der Waals surface area contributed by atoms with Crippen molar-refractivity contribution < 1.29 is 8.42 Å². The van der Waals surface area contributed by atoms with E-state index < -0.39 is 10.0 Å². The number of hydrogen-bond acceptors (Lipinski definition) is 6. The number of rotatable bonds is 3. The number of aryl methyl sites for hydroxylation is 1. The largest absolute Gasteiger partial charge is 0.368 e. The molecule has 1 aliphatic rings. The molecule has 0 spiro atoms. The van der Waals surface area contributed by atoms with Gasteiger partial charge in [0.05, 0.1) is 4.90 Å². The van der Waals surface area contributed by atoms with E-state index in [2.05, 4.69) is 9.97 Å². The summed E-state index contributed by atoms with van der Waals surface area (Å²) >= 11 is 5.94. The van der Waals surface area contributed by atoms with Gasteiger partial charge in [0, 0.05) is 32.2 Å². The second-order valence-corrected chi connectivity index (χ2v) is 8.29. The van der Waals surface area contributed by atoms with Crippen LogP contribution in [0.3, 0.4) is 0 Å². The molecule has 134 valence electrons. The number of hydrogen-bond donors (Lipinski definition) is 1. The van der Waals surface area contributed by atoms with Crippen LogP contribution in [-0.4, -0.2) is 48.9 Å². The molecule has 0 unspecified atom stereocenters. The van der Waals surface area contributed by atoms with Gasteiger partial charge in [0.2, 0.25) is 16.0 Å². The summed E-state index contributed by atoms with van der Waals surface area (Å²) in [7, 11) is -3.50. The lowest BCUT2D eigenvalue weighted by Gasteiger charge is -2.22. The number of nitrogen functional groups attached to an aromatic ring is 1. The molecule has 0 amide bonds. The van der Waals surface area contributed by atoms with E-state index >= 15 is 0 Å². The van der Waals surface area contributed by atoms with Crippen LogP contribution in [0.2, 0.25) is 5.15 Å². The van der Waals surface area contributed by atoms with E-state index in [0.29, 0.717) is 43.3 Å². The van der Waals surface area contributed by atoms with E-state index in [4.69, 9.17) is 17.3 Å². The highest BCUT2D eigenvalue weighted by Crippen LogP contribution is 2.22. The zero-order valence-electron chi connectivity index (χ0n) is 13.9. The van der Waals surface area contributed by atoms with Crippen molar-refractivity contribution in [1.82, 2.24) is 14.3 Å². The summed E-state index contributed by atoms with van der Waals surface area (Å²) < 4.78 is 27.2. The van der Waals surface area contributed by atoms with Gasteiger partial charge in [-0.15, -0.1) is 0 Å². The number of aromatic nitrogens is 2. The molecule has 0 aliphatic carbocycles. The quantitative estimate of drug-likeness (QED) is 0.816. The van der Waals surface area contributed by atoms with Gasteiger partial charge in [-0.05, 0) is 25.5 Å². The van der Waals surface area contributed by atoms with E-state index in [1.165, 1.54) is 4.31 Å². The number of halogens is 1. The summed E-state index contributed by atoms with van der Waals surface area (Å²) in [6, 6.07) is 8.56. The highest BCUT2D eigenvalue weighted by molar-refractivity contribution is 7.89. The Hall–Kier alpha value is -1.90. The standard InChI is InChI=1S/C16H20ClN5O2S/c1-12-3-5-13(6-4-12)25(23,24)22-8-2-7-21(9-10-22)15-11-14(17)19-16(18)20-15/h3-6,11H,2,7-10H2,1H3,(H2,18,19,20). The molecule has 0 saturated carbocycles. The fraction of sp³-hybridized carbons (Fsp3) is 0.375. The minimum Gasteiger partial charge on any atom is -0.368 e. The van der Waals surface area contributed by atoms with Crippen molar-refractivity contribution in [3.63, 3.8) is 0 Å². The lowest BCUT2D eigenvalue weighted by molar-refractivity contribution is 0.433. The van der Waals surface area contributed by atoms with Crippen LogP contribution in [0, 0.1) is 6.92 Å². The van der Waals surface area contributed by atoms with Crippen LogP contribution in [0.5, 0.6) is 0 Å². The Labute approximate surface area is 152 Å². The summed E-state index contributed by atoms with van der Waals surface area (Å²) in [5, 5.41) is 0.274. The third kappa shape index (κ3) is 4.02. The van der Waals surface area contributed by atoms with Gasteiger partial charge in [-0.3, -0.25) is 0 Å². The summed E-state index contributed by atoms with van der Waals surface area (Å²) in [5.41, 5.74) is 6.68. The Kier molecular flexibility index (Phi) is 5.12. The molecule has 2 N–H and O–H groups in total. The first kappa shape index (κ1) is 17.9. The monoisotopic (exact) mass is 381 g/mol. The summed E-state index contributed by atoms with van der Waals surface area (Å²) in [5.74, 6) is 0.725. The van der Waals surface area contributed by atoms with Crippen LogP contribution in [0.15, 0.2) is 35.2 Å². The number of benzene rings is 1. The molecule has 25 heavy (non-hydrogen) atoms. The van der Waals surface area contributed by atoms with Crippen LogP contribution in [-0.2, 0) is 10.0 Å². The van der Waals surface area contributed by atoms with Crippen molar-refractivity contribution >= 4 is 33.4 Å². The molecule has 3 rings (SSSR count). The molecular weight excluding hydrogens is 362 g/mol. The fourth-order valence-corrected chi connectivity index (χ4v) is 4.46. The highest BCUT2D eigenvalue weighted by atomic mass is 35.5. The van der Waals surface area contributed by atoms with Gasteiger partial charge in [0.15, 0.2) is 0 Å². The van der Waals surface area contributed by atoms with Crippen molar-refractivity contribution in [2.24, 2.45) is 0 Å². The highest BCUT2D eigenvalue weighted by Gasteiger charge is 2.27. The first-order valence-corrected chi connectivity index (χ1v) is 9.80. The molecule has 1 fully saturated rings. The molecule has 1 aliphatic heterocycles. The van der Waals surface area contributed by atoms with Gasteiger partial charge >= 0.3 is 0 Å². The summed E-state index contributed by atoms with van der Waals surface area (Å²) in [6.45, 7) is 3.95.